The topological polar surface area (TPSA) is 62.3 Å². The molecule has 0 bridgehead atoms. The smallest absolute Gasteiger partial charge is 0.244 e. The van der Waals surface area contributed by atoms with Crippen LogP contribution in [-0.4, -0.2) is 43.4 Å². The largest absolute Gasteiger partial charge is 0.312 e. The third kappa shape index (κ3) is 3.17. The second kappa shape index (κ2) is 5.92. The summed E-state index contributed by atoms with van der Waals surface area (Å²) in [5.74, 6) is -0.644. The predicted molar refractivity (Wildman–Crippen MR) is 67.7 cm³/mol. The molecule has 18 heavy (non-hydrogen) atoms. The molecule has 1 fully saturated rings. The Morgan fingerprint density at radius 2 is 2.22 bits per heavy atom. The fourth-order valence-electron chi connectivity index (χ4n) is 1.80. The molecule has 1 saturated heterocycles. The van der Waals surface area contributed by atoms with Gasteiger partial charge in [-0.25, -0.2) is 12.8 Å². The fraction of sp³-hybridized carbons (Fsp3) is 0.500. The Hall–Kier alpha value is -0.760. The molecule has 0 aromatic carbocycles. The molecule has 1 atom stereocenters. The van der Waals surface area contributed by atoms with Crippen LogP contribution in [0.15, 0.2) is 23.4 Å². The van der Waals surface area contributed by atoms with E-state index in [0.29, 0.717) is 19.6 Å². The third-order valence-electron chi connectivity index (χ3n) is 2.65. The van der Waals surface area contributed by atoms with Gasteiger partial charge in [0.25, 0.3) is 0 Å². The molecule has 0 radical (unpaired) electrons. The van der Waals surface area contributed by atoms with Gasteiger partial charge in [-0.15, -0.1) is 12.4 Å². The van der Waals surface area contributed by atoms with Gasteiger partial charge in [-0.2, -0.15) is 4.31 Å². The highest BCUT2D eigenvalue weighted by Crippen LogP contribution is 2.16. The lowest BCUT2D eigenvalue weighted by Crippen LogP contribution is -2.51. The molecule has 1 aromatic rings. The minimum absolute atomic E-state index is 0. The zero-order valence-corrected chi connectivity index (χ0v) is 11.5. The van der Waals surface area contributed by atoms with Gasteiger partial charge in [-0.05, 0) is 13.0 Å². The van der Waals surface area contributed by atoms with Gasteiger partial charge < -0.3 is 5.32 Å². The van der Waals surface area contributed by atoms with Crippen molar-refractivity contribution in [3.05, 3.63) is 24.3 Å². The molecule has 0 unspecified atom stereocenters. The maximum absolute atomic E-state index is 13.0. The van der Waals surface area contributed by atoms with E-state index in [1.54, 1.807) is 0 Å². The summed E-state index contributed by atoms with van der Waals surface area (Å²) < 4.78 is 38.7. The number of rotatable bonds is 2. The molecule has 102 valence electrons. The number of sulfonamides is 1. The number of halogens is 2. The van der Waals surface area contributed by atoms with E-state index in [4.69, 9.17) is 0 Å². The first kappa shape index (κ1) is 15.3. The van der Waals surface area contributed by atoms with Gasteiger partial charge >= 0.3 is 0 Å². The minimum Gasteiger partial charge on any atom is -0.312 e. The highest BCUT2D eigenvalue weighted by atomic mass is 35.5. The van der Waals surface area contributed by atoms with Crippen molar-refractivity contribution in [2.75, 3.05) is 19.6 Å². The van der Waals surface area contributed by atoms with Crippen LogP contribution in [0.5, 0.6) is 0 Å². The van der Waals surface area contributed by atoms with Crippen molar-refractivity contribution in [3.63, 3.8) is 0 Å². The number of piperazine rings is 1. The summed E-state index contributed by atoms with van der Waals surface area (Å²) in [7, 11) is -3.63. The maximum atomic E-state index is 13.0. The lowest BCUT2D eigenvalue weighted by molar-refractivity contribution is 0.310. The van der Waals surface area contributed by atoms with Crippen molar-refractivity contribution in [3.8, 4) is 0 Å². The SMILES string of the molecule is C[C@@H]1CN(S(=O)(=O)c2cncc(F)c2)CCN1.Cl. The number of pyridine rings is 1. The lowest BCUT2D eigenvalue weighted by Gasteiger charge is -2.30. The predicted octanol–water partition coefficient (Wildman–Crippen LogP) is 0.625. The zero-order chi connectivity index (χ0) is 12.5. The van der Waals surface area contributed by atoms with Crippen LogP contribution in [-0.2, 0) is 10.0 Å². The summed E-state index contributed by atoms with van der Waals surface area (Å²) in [6, 6.07) is 1.09. The van der Waals surface area contributed by atoms with Crippen molar-refractivity contribution in [2.45, 2.75) is 17.9 Å². The van der Waals surface area contributed by atoms with E-state index in [1.807, 2.05) is 6.92 Å². The van der Waals surface area contributed by atoms with Crippen LogP contribution < -0.4 is 5.32 Å². The van der Waals surface area contributed by atoms with Crippen LogP contribution >= 0.6 is 12.4 Å². The summed E-state index contributed by atoms with van der Waals surface area (Å²) in [5.41, 5.74) is 0. The Balaban J connectivity index is 0.00000162. The third-order valence-corrected chi connectivity index (χ3v) is 4.48. The number of hydrogen-bond acceptors (Lipinski definition) is 4. The summed E-state index contributed by atoms with van der Waals surface area (Å²) in [5, 5.41) is 3.15. The second-order valence-corrected chi connectivity index (χ2v) is 6.00. The first-order valence-corrected chi connectivity index (χ1v) is 6.78. The highest BCUT2D eigenvalue weighted by Gasteiger charge is 2.28. The van der Waals surface area contributed by atoms with Crippen molar-refractivity contribution in [2.24, 2.45) is 0 Å². The average molecular weight is 296 g/mol. The van der Waals surface area contributed by atoms with Crippen LogP contribution in [0.2, 0.25) is 0 Å². The Bertz CT molecular complexity index is 512. The molecule has 2 heterocycles. The van der Waals surface area contributed by atoms with Crippen LogP contribution in [0.25, 0.3) is 0 Å². The van der Waals surface area contributed by atoms with Crippen molar-refractivity contribution < 1.29 is 12.8 Å². The lowest BCUT2D eigenvalue weighted by atomic mass is 10.3. The monoisotopic (exact) mass is 295 g/mol. The standard InChI is InChI=1S/C10H14FN3O2S.ClH/c1-8-7-14(3-2-13-8)17(15,16)10-4-9(11)5-12-6-10;/h4-6,8,13H,2-3,7H2,1H3;1H/t8-;/m1./s1. The normalized spacial score (nSPS) is 21.3. The molecule has 0 saturated carbocycles. The van der Waals surface area contributed by atoms with Crippen LogP contribution in [0, 0.1) is 5.82 Å². The molecule has 1 aliphatic heterocycles. The summed E-state index contributed by atoms with van der Waals surface area (Å²) >= 11 is 0. The zero-order valence-electron chi connectivity index (χ0n) is 9.84. The van der Waals surface area contributed by atoms with E-state index in [-0.39, 0.29) is 23.3 Å². The Labute approximate surface area is 112 Å². The van der Waals surface area contributed by atoms with E-state index >= 15 is 0 Å². The van der Waals surface area contributed by atoms with Crippen molar-refractivity contribution in [1.29, 1.82) is 0 Å². The Kier molecular flexibility index (Phi) is 5.03. The second-order valence-electron chi connectivity index (χ2n) is 4.06. The maximum Gasteiger partial charge on any atom is 0.244 e. The number of hydrogen-bond donors (Lipinski definition) is 1. The molecule has 0 amide bonds. The minimum atomic E-state index is -3.63. The van der Waals surface area contributed by atoms with E-state index in [1.165, 1.54) is 10.5 Å². The number of aromatic nitrogens is 1. The van der Waals surface area contributed by atoms with Gasteiger partial charge in [0, 0.05) is 31.9 Å². The molecule has 0 spiro atoms. The molecular weight excluding hydrogens is 281 g/mol. The molecule has 5 nitrogen and oxygen atoms in total. The summed E-state index contributed by atoms with van der Waals surface area (Å²) in [6.45, 7) is 3.29. The summed E-state index contributed by atoms with van der Waals surface area (Å²) in [4.78, 5) is 3.48. The number of nitrogens with one attached hydrogen (secondary N) is 1. The molecule has 1 aromatic heterocycles. The Morgan fingerprint density at radius 3 is 2.83 bits per heavy atom. The van der Waals surface area contributed by atoms with Crippen LogP contribution in [0.1, 0.15) is 6.92 Å². The van der Waals surface area contributed by atoms with Crippen LogP contribution in [0.3, 0.4) is 0 Å². The first-order chi connectivity index (χ1) is 8.00. The average Bonchev–Trinajstić information content (AvgIpc) is 2.29. The number of nitrogens with zero attached hydrogens (tertiary/aromatic N) is 2. The van der Waals surface area contributed by atoms with Crippen LogP contribution in [0.4, 0.5) is 4.39 Å². The molecule has 8 heteroatoms. The van der Waals surface area contributed by atoms with Gasteiger partial charge in [0.1, 0.15) is 10.7 Å². The van der Waals surface area contributed by atoms with Gasteiger partial charge in [-0.1, -0.05) is 0 Å². The first-order valence-electron chi connectivity index (χ1n) is 5.34. The quantitative estimate of drug-likeness (QED) is 0.869. The molecule has 1 aliphatic rings. The van der Waals surface area contributed by atoms with Gasteiger partial charge in [0.05, 0.1) is 6.20 Å². The fourth-order valence-corrected chi connectivity index (χ4v) is 3.30. The van der Waals surface area contributed by atoms with E-state index in [0.717, 1.165) is 12.3 Å². The van der Waals surface area contributed by atoms with E-state index in [9.17, 15) is 12.8 Å². The molecular formula is C10H15ClFN3O2S. The van der Waals surface area contributed by atoms with Gasteiger partial charge in [0.2, 0.25) is 10.0 Å². The van der Waals surface area contributed by atoms with Gasteiger partial charge in [-0.3, -0.25) is 4.98 Å². The summed E-state index contributed by atoms with van der Waals surface area (Å²) in [6.07, 6.45) is 2.16. The molecule has 2 rings (SSSR count). The van der Waals surface area contributed by atoms with Gasteiger partial charge in [0.15, 0.2) is 0 Å². The van der Waals surface area contributed by atoms with Crippen molar-refractivity contribution >= 4 is 22.4 Å². The highest BCUT2D eigenvalue weighted by molar-refractivity contribution is 7.89. The Morgan fingerprint density at radius 1 is 1.50 bits per heavy atom. The molecule has 0 aliphatic carbocycles. The van der Waals surface area contributed by atoms with E-state index < -0.39 is 15.8 Å². The molecule has 1 N–H and O–H groups in total. The van der Waals surface area contributed by atoms with Crippen molar-refractivity contribution in [1.82, 2.24) is 14.6 Å². The van der Waals surface area contributed by atoms with E-state index in [2.05, 4.69) is 10.3 Å².